The molecule has 2 nitrogen and oxygen atoms in total. The van der Waals surface area contributed by atoms with E-state index in [9.17, 15) is 0 Å². The molecule has 0 bridgehead atoms. The van der Waals surface area contributed by atoms with Crippen molar-refractivity contribution in [3.05, 3.63) is 32.3 Å². The fourth-order valence-electron chi connectivity index (χ4n) is 1.76. The maximum absolute atomic E-state index is 8.97. The molecular weight excluding hydrogens is 322 g/mol. The number of H-pyrrole nitrogens is 1. The molecule has 1 aromatic carbocycles. The number of hydrogen-bond acceptors (Lipinski definition) is 1. The van der Waals surface area contributed by atoms with E-state index in [1.165, 1.54) is 10.9 Å². The Kier molecular flexibility index (Phi) is 3.19. The molecular formula is C11H11Br2NO. The third kappa shape index (κ3) is 1.86. The van der Waals surface area contributed by atoms with Crippen LogP contribution in [0.4, 0.5) is 0 Å². The largest absolute Gasteiger partial charge is 0.396 e. The van der Waals surface area contributed by atoms with Gasteiger partial charge in [0.15, 0.2) is 0 Å². The number of hydrogen-bond donors (Lipinski definition) is 2. The van der Waals surface area contributed by atoms with Gasteiger partial charge in [-0.15, -0.1) is 0 Å². The molecule has 0 aliphatic heterocycles. The van der Waals surface area contributed by atoms with Gasteiger partial charge in [-0.05, 0) is 30.5 Å². The minimum atomic E-state index is 0.175. The topological polar surface area (TPSA) is 36.0 Å². The number of aliphatic hydroxyl groups excluding tert-OH is 1. The summed E-state index contributed by atoms with van der Waals surface area (Å²) in [6.45, 7) is 2.24. The van der Waals surface area contributed by atoms with Gasteiger partial charge < -0.3 is 10.1 Å². The quantitative estimate of drug-likeness (QED) is 0.867. The number of halogens is 2. The van der Waals surface area contributed by atoms with E-state index in [1.54, 1.807) is 0 Å². The zero-order valence-electron chi connectivity index (χ0n) is 8.27. The summed E-state index contributed by atoms with van der Waals surface area (Å²) in [5.74, 6) is 0. The van der Waals surface area contributed by atoms with Crippen molar-refractivity contribution in [3.63, 3.8) is 0 Å². The molecule has 0 saturated heterocycles. The van der Waals surface area contributed by atoms with E-state index in [-0.39, 0.29) is 6.61 Å². The minimum absolute atomic E-state index is 0.175. The van der Waals surface area contributed by atoms with Gasteiger partial charge in [-0.3, -0.25) is 0 Å². The molecule has 0 fully saturated rings. The van der Waals surface area contributed by atoms with Crippen LogP contribution in [0.2, 0.25) is 0 Å². The Bertz CT molecular complexity index is 505. The Morgan fingerprint density at radius 1 is 1.33 bits per heavy atom. The summed E-state index contributed by atoms with van der Waals surface area (Å²) in [6, 6.07) is 2.05. The number of rotatable bonds is 2. The van der Waals surface area contributed by atoms with Crippen molar-refractivity contribution in [1.29, 1.82) is 0 Å². The maximum Gasteiger partial charge on any atom is 0.0509 e. The molecule has 0 aliphatic carbocycles. The molecule has 1 heterocycles. The molecule has 15 heavy (non-hydrogen) atoms. The van der Waals surface area contributed by atoms with Crippen molar-refractivity contribution in [2.45, 2.75) is 13.3 Å². The Morgan fingerprint density at radius 2 is 2.07 bits per heavy atom. The third-order valence-corrected chi connectivity index (χ3v) is 4.02. The van der Waals surface area contributed by atoms with E-state index in [0.29, 0.717) is 6.42 Å². The number of fused-ring (bicyclic) bond motifs is 1. The molecule has 1 aromatic heterocycles. The average molecular weight is 333 g/mol. The molecule has 4 heteroatoms. The second kappa shape index (κ2) is 4.28. The molecule has 2 rings (SSSR count). The van der Waals surface area contributed by atoms with Crippen LogP contribution in [0.25, 0.3) is 10.9 Å². The van der Waals surface area contributed by atoms with Gasteiger partial charge in [0.25, 0.3) is 0 Å². The molecule has 2 aromatic rings. The van der Waals surface area contributed by atoms with Gasteiger partial charge in [-0.1, -0.05) is 31.9 Å². The number of aryl methyl sites for hydroxylation is 1. The minimum Gasteiger partial charge on any atom is -0.396 e. The fourth-order valence-corrected chi connectivity index (χ4v) is 3.18. The van der Waals surface area contributed by atoms with E-state index in [1.807, 2.05) is 12.3 Å². The van der Waals surface area contributed by atoms with Crippen LogP contribution in [0.5, 0.6) is 0 Å². The Hall–Kier alpha value is -0.320. The number of aliphatic hydroxyl groups is 1. The highest BCUT2D eigenvalue weighted by molar-refractivity contribution is 9.11. The predicted molar refractivity (Wildman–Crippen MR) is 69.2 cm³/mol. The zero-order chi connectivity index (χ0) is 11.0. The highest BCUT2D eigenvalue weighted by Crippen LogP contribution is 2.34. The number of aromatic nitrogens is 1. The van der Waals surface area contributed by atoms with Crippen LogP contribution in [-0.4, -0.2) is 16.7 Å². The summed E-state index contributed by atoms with van der Waals surface area (Å²) in [5, 5.41) is 10.1. The first kappa shape index (κ1) is 11.2. The Morgan fingerprint density at radius 3 is 2.73 bits per heavy atom. The van der Waals surface area contributed by atoms with Gasteiger partial charge in [-0.2, -0.15) is 0 Å². The highest BCUT2D eigenvalue weighted by Gasteiger charge is 2.11. The van der Waals surface area contributed by atoms with Gasteiger partial charge in [0, 0.05) is 27.1 Å². The summed E-state index contributed by atoms with van der Waals surface area (Å²) in [7, 11) is 0. The third-order valence-electron chi connectivity index (χ3n) is 2.57. The fraction of sp³-hybridized carbons (Fsp3) is 0.273. The van der Waals surface area contributed by atoms with Crippen LogP contribution in [0.1, 0.15) is 11.1 Å². The van der Waals surface area contributed by atoms with Crippen molar-refractivity contribution in [3.8, 4) is 0 Å². The van der Waals surface area contributed by atoms with Crippen LogP contribution in [0.3, 0.4) is 0 Å². The second-order valence-electron chi connectivity index (χ2n) is 3.50. The van der Waals surface area contributed by atoms with Crippen molar-refractivity contribution in [1.82, 2.24) is 4.98 Å². The predicted octanol–water partition coefficient (Wildman–Crippen LogP) is 3.54. The van der Waals surface area contributed by atoms with E-state index in [2.05, 4.69) is 43.8 Å². The molecule has 0 aliphatic rings. The molecule has 0 unspecified atom stereocenters. The maximum atomic E-state index is 8.97. The highest BCUT2D eigenvalue weighted by atomic mass is 79.9. The summed E-state index contributed by atoms with van der Waals surface area (Å²) in [6.07, 6.45) is 2.64. The lowest BCUT2D eigenvalue weighted by atomic mass is 10.1. The van der Waals surface area contributed by atoms with Crippen LogP contribution in [-0.2, 0) is 6.42 Å². The van der Waals surface area contributed by atoms with E-state index < -0.39 is 0 Å². The first-order chi connectivity index (χ1) is 7.15. The van der Waals surface area contributed by atoms with Gasteiger partial charge >= 0.3 is 0 Å². The molecule has 0 spiro atoms. The molecule has 0 saturated carbocycles. The second-order valence-corrected chi connectivity index (χ2v) is 5.21. The van der Waals surface area contributed by atoms with Gasteiger partial charge in [0.1, 0.15) is 0 Å². The lowest BCUT2D eigenvalue weighted by molar-refractivity contribution is 0.300. The molecule has 80 valence electrons. The smallest absolute Gasteiger partial charge is 0.0509 e. The standard InChI is InChI=1S/C11H11Br2NO/c1-6-8(12)4-9(13)10-7(2-3-15)5-14-11(6)10/h4-5,14-15H,2-3H2,1H3. The summed E-state index contributed by atoms with van der Waals surface area (Å²) < 4.78 is 2.14. The van der Waals surface area contributed by atoms with Gasteiger partial charge in [-0.25, -0.2) is 0 Å². The summed E-state index contributed by atoms with van der Waals surface area (Å²) >= 11 is 7.07. The monoisotopic (exact) mass is 331 g/mol. The number of aromatic amines is 1. The Labute approximate surface area is 105 Å². The van der Waals surface area contributed by atoms with Crippen LogP contribution < -0.4 is 0 Å². The lowest BCUT2D eigenvalue weighted by Gasteiger charge is -2.04. The summed E-state index contributed by atoms with van der Waals surface area (Å²) in [4.78, 5) is 3.25. The molecule has 0 amide bonds. The Balaban J connectivity index is 2.75. The van der Waals surface area contributed by atoms with Crippen molar-refractivity contribution < 1.29 is 5.11 Å². The SMILES string of the molecule is Cc1c(Br)cc(Br)c2c(CCO)c[nH]c12. The van der Waals surface area contributed by atoms with Gasteiger partial charge in [0.2, 0.25) is 0 Å². The van der Waals surface area contributed by atoms with E-state index in [4.69, 9.17) is 5.11 Å². The van der Waals surface area contributed by atoms with E-state index >= 15 is 0 Å². The van der Waals surface area contributed by atoms with Gasteiger partial charge in [0.05, 0.1) is 5.52 Å². The average Bonchev–Trinajstić information content (AvgIpc) is 2.59. The number of benzene rings is 1. The van der Waals surface area contributed by atoms with Crippen LogP contribution in [0, 0.1) is 6.92 Å². The van der Waals surface area contributed by atoms with Crippen LogP contribution in [0.15, 0.2) is 21.2 Å². The van der Waals surface area contributed by atoms with E-state index in [0.717, 1.165) is 20.0 Å². The first-order valence-corrected chi connectivity index (χ1v) is 6.29. The lowest BCUT2D eigenvalue weighted by Crippen LogP contribution is -1.89. The zero-order valence-corrected chi connectivity index (χ0v) is 11.4. The van der Waals surface area contributed by atoms with Crippen molar-refractivity contribution >= 4 is 42.8 Å². The number of nitrogens with one attached hydrogen (secondary N) is 1. The molecule has 0 radical (unpaired) electrons. The normalized spacial score (nSPS) is 11.2. The summed E-state index contributed by atoms with van der Waals surface area (Å²) in [5.41, 5.74) is 3.46. The van der Waals surface area contributed by atoms with Crippen molar-refractivity contribution in [2.24, 2.45) is 0 Å². The van der Waals surface area contributed by atoms with Crippen LogP contribution >= 0.6 is 31.9 Å². The van der Waals surface area contributed by atoms with Crippen molar-refractivity contribution in [2.75, 3.05) is 6.61 Å². The first-order valence-electron chi connectivity index (χ1n) is 4.70. The molecule has 2 N–H and O–H groups in total. The molecule has 0 atom stereocenters.